The number of hydrogen-bond donors (Lipinski definition) is 1. The Morgan fingerprint density at radius 1 is 1.00 bits per heavy atom. The standard InChI is InChI=1S/C25H22BrClN2O5/c1-32-20-11-9-16(23(33-2)24(20)34-3)25(31)29-13-21(30)28-19-10-8-14(26)12-17(19)22(29)15-6-4-5-7-18(15)27/h4-12,22H,13H2,1-3H3,(H,28,30). The lowest BCUT2D eigenvalue weighted by molar-refractivity contribution is -0.117. The van der Waals surface area contributed by atoms with Gasteiger partial charge in [0, 0.05) is 20.7 Å². The zero-order chi connectivity index (χ0) is 24.4. The average molecular weight is 546 g/mol. The van der Waals surface area contributed by atoms with Gasteiger partial charge in [-0.25, -0.2) is 0 Å². The van der Waals surface area contributed by atoms with Gasteiger partial charge < -0.3 is 24.4 Å². The molecule has 34 heavy (non-hydrogen) atoms. The minimum atomic E-state index is -0.648. The van der Waals surface area contributed by atoms with Crippen LogP contribution in [0.3, 0.4) is 0 Å². The number of benzene rings is 3. The molecule has 0 aliphatic carbocycles. The summed E-state index contributed by atoms with van der Waals surface area (Å²) < 4.78 is 17.2. The number of anilines is 1. The summed E-state index contributed by atoms with van der Waals surface area (Å²) >= 11 is 10.1. The fraction of sp³-hybridized carbons (Fsp3) is 0.200. The van der Waals surface area contributed by atoms with Crippen LogP contribution in [0.4, 0.5) is 5.69 Å². The average Bonchev–Trinajstić information content (AvgIpc) is 2.98. The van der Waals surface area contributed by atoms with Crippen LogP contribution < -0.4 is 19.5 Å². The molecule has 0 aromatic heterocycles. The number of ether oxygens (including phenoxy) is 3. The van der Waals surface area contributed by atoms with Crippen molar-refractivity contribution in [3.05, 3.63) is 80.8 Å². The summed E-state index contributed by atoms with van der Waals surface area (Å²) in [5, 5.41) is 3.38. The lowest BCUT2D eigenvalue weighted by Gasteiger charge is -2.32. The minimum Gasteiger partial charge on any atom is -0.493 e. The van der Waals surface area contributed by atoms with Gasteiger partial charge >= 0.3 is 0 Å². The summed E-state index contributed by atoms with van der Waals surface area (Å²) in [6.45, 7) is -0.196. The summed E-state index contributed by atoms with van der Waals surface area (Å²) in [5.74, 6) is 0.162. The Balaban J connectivity index is 1.94. The monoisotopic (exact) mass is 544 g/mol. The van der Waals surface area contributed by atoms with Crippen LogP contribution in [0.15, 0.2) is 59.1 Å². The van der Waals surface area contributed by atoms with E-state index in [0.717, 1.165) is 10.0 Å². The Morgan fingerprint density at radius 3 is 2.41 bits per heavy atom. The number of carbonyl (C=O) groups is 2. The normalized spacial score (nSPS) is 15.1. The number of rotatable bonds is 5. The summed E-state index contributed by atoms with van der Waals surface area (Å²) in [5.41, 5.74) is 2.24. The first-order valence-corrected chi connectivity index (χ1v) is 11.5. The zero-order valence-electron chi connectivity index (χ0n) is 18.7. The maximum Gasteiger partial charge on any atom is 0.259 e. The number of methoxy groups -OCH3 is 3. The number of fused-ring (bicyclic) bond motifs is 1. The van der Waals surface area contributed by atoms with Crippen LogP contribution in [0, 0.1) is 0 Å². The molecule has 1 aliphatic heterocycles. The molecule has 176 valence electrons. The van der Waals surface area contributed by atoms with E-state index in [1.807, 2.05) is 30.3 Å². The van der Waals surface area contributed by atoms with Crippen LogP contribution in [-0.4, -0.2) is 44.6 Å². The Kier molecular flexibility index (Phi) is 7.00. The molecule has 1 unspecified atom stereocenters. The molecule has 0 radical (unpaired) electrons. The second-order valence-corrected chi connectivity index (χ2v) is 8.84. The van der Waals surface area contributed by atoms with E-state index < -0.39 is 11.9 Å². The van der Waals surface area contributed by atoms with Gasteiger partial charge in [0.15, 0.2) is 11.5 Å². The van der Waals surface area contributed by atoms with Crippen LogP contribution in [-0.2, 0) is 4.79 Å². The smallest absolute Gasteiger partial charge is 0.259 e. The molecule has 0 saturated heterocycles. The first-order valence-electron chi connectivity index (χ1n) is 10.3. The molecule has 3 aromatic carbocycles. The fourth-order valence-electron chi connectivity index (χ4n) is 4.12. The molecule has 2 amide bonds. The number of halogens is 2. The van der Waals surface area contributed by atoms with Crippen molar-refractivity contribution < 1.29 is 23.8 Å². The Morgan fingerprint density at radius 2 is 1.74 bits per heavy atom. The number of carbonyl (C=O) groups excluding carboxylic acids is 2. The van der Waals surface area contributed by atoms with E-state index in [9.17, 15) is 9.59 Å². The Bertz CT molecular complexity index is 1270. The first-order chi connectivity index (χ1) is 16.4. The van der Waals surface area contributed by atoms with Gasteiger partial charge in [-0.2, -0.15) is 0 Å². The number of amides is 2. The maximum atomic E-state index is 14.1. The van der Waals surface area contributed by atoms with Crippen molar-refractivity contribution >= 4 is 45.0 Å². The topological polar surface area (TPSA) is 77.1 Å². The predicted octanol–water partition coefficient (Wildman–Crippen LogP) is 5.31. The molecule has 0 fully saturated rings. The van der Waals surface area contributed by atoms with E-state index in [1.165, 1.54) is 26.2 Å². The second kappa shape index (κ2) is 9.95. The SMILES string of the molecule is COc1ccc(C(=O)N2CC(=O)Nc3ccc(Br)cc3C2c2ccccc2Cl)c(OC)c1OC. The highest BCUT2D eigenvalue weighted by atomic mass is 79.9. The molecule has 1 aliphatic rings. The van der Waals surface area contributed by atoms with Gasteiger partial charge in [-0.05, 0) is 42.0 Å². The Labute approximate surface area is 210 Å². The minimum absolute atomic E-state index is 0.196. The quantitative estimate of drug-likeness (QED) is 0.470. The van der Waals surface area contributed by atoms with Gasteiger partial charge in [0.05, 0.1) is 32.9 Å². The van der Waals surface area contributed by atoms with Crippen molar-refractivity contribution in [3.8, 4) is 17.2 Å². The summed E-state index contributed by atoms with van der Waals surface area (Å²) in [6.07, 6.45) is 0. The van der Waals surface area contributed by atoms with E-state index >= 15 is 0 Å². The van der Waals surface area contributed by atoms with Gasteiger partial charge in [0.25, 0.3) is 5.91 Å². The molecule has 1 atom stereocenters. The third kappa shape index (κ3) is 4.31. The van der Waals surface area contributed by atoms with Crippen molar-refractivity contribution in [2.24, 2.45) is 0 Å². The zero-order valence-corrected chi connectivity index (χ0v) is 21.1. The summed E-state index contributed by atoms with van der Waals surface area (Å²) in [7, 11) is 4.41. The fourth-order valence-corrected chi connectivity index (χ4v) is 4.74. The van der Waals surface area contributed by atoms with E-state index in [1.54, 1.807) is 24.3 Å². The molecule has 0 saturated carbocycles. The molecule has 0 spiro atoms. The maximum absolute atomic E-state index is 14.1. The molecule has 0 bridgehead atoms. The van der Waals surface area contributed by atoms with Crippen LogP contribution in [0.5, 0.6) is 17.2 Å². The lowest BCUT2D eigenvalue weighted by Crippen LogP contribution is -2.39. The predicted molar refractivity (Wildman–Crippen MR) is 133 cm³/mol. The Hall–Kier alpha value is -3.23. The molecule has 4 rings (SSSR count). The van der Waals surface area contributed by atoms with Gasteiger partial charge in [-0.3, -0.25) is 9.59 Å². The van der Waals surface area contributed by atoms with Gasteiger partial charge in [0.2, 0.25) is 11.7 Å². The lowest BCUT2D eigenvalue weighted by atomic mass is 9.95. The molecule has 7 nitrogen and oxygen atoms in total. The highest BCUT2D eigenvalue weighted by Gasteiger charge is 2.36. The van der Waals surface area contributed by atoms with Gasteiger partial charge in [-0.15, -0.1) is 0 Å². The first kappa shape index (κ1) is 23.9. The van der Waals surface area contributed by atoms with Gasteiger partial charge in [-0.1, -0.05) is 45.7 Å². The van der Waals surface area contributed by atoms with Crippen LogP contribution in [0.1, 0.15) is 27.5 Å². The van der Waals surface area contributed by atoms with E-state index in [-0.39, 0.29) is 29.5 Å². The van der Waals surface area contributed by atoms with Gasteiger partial charge in [0.1, 0.15) is 6.54 Å². The molecule has 1 heterocycles. The third-order valence-corrected chi connectivity index (χ3v) is 6.44. The number of hydrogen-bond acceptors (Lipinski definition) is 5. The van der Waals surface area contributed by atoms with Crippen molar-refractivity contribution in [2.45, 2.75) is 6.04 Å². The highest BCUT2D eigenvalue weighted by Crippen LogP contribution is 2.44. The highest BCUT2D eigenvalue weighted by molar-refractivity contribution is 9.10. The van der Waals surface area contributed by atoms with Crippen molar-refractivity contribution in [1.29, 1.82) is 0 Å². The second-order valence-electron chi connectivity index (χ2n) is 7.52. The van der Waals surface area contributed by atoms with Crippen LogP contribution >= 0.6 is 27.5 Å². The molecular formula is C25H22BrClN2O5. The molecule has 9 heteroatoms. The summed E-state index contributed by atoms with van der Waals surface area (Å²) in [4.78, 5) is 28.4. The van der Waals surface area contributed by atoms with E-state index in [4.69, 9.17) is 25.8 Å². The van der Waals surface area contributed by atoms with Crippen molar-refractivity contribution in [1.82, 2.24) is 4.90 Å². The van der Waals surface area contributed by atoms with Crippen molar-refractivity contribution in [3.63, 3.8) is 0 Å². The third-order valence-electron chi connectivity index (χ3n) is 5.60. The molecule has 3 aromatic rings. The van der Waals surface area contributed by atoms with Crippen LogP contribution in [0.25, 0.3) is 0 Å². The number of nitrogens with zero attached hydrogens (tertiary/aromatic N) is 1. The van der Waals surface area contributed by atoms with Crippen molar-refractivity contribution in [2.75, 3.05) is 33.2 Å². The molecule has 1 N–H and O–H groups in total. The largest absolute Gasteiger partial charge is 0.493 e. The van der Waals surface area contributed by atoms with E-state index in [0.29, 0.717) is 22.0 Å². The van der Waals surface area contributed by atoms with Crippen LogP contribution in [0.2, 0.25) is 5.02 Å². The van der Waals surface area contributed by atoms with E-state index in [2.05, 4.69) is 21.2 Å². The summed E-state index contributed by atoms with van der Waals surface area (Å²) in [6, 6.07) is 15.3. The number of nitrogens with one attached hydrogen (secondary N) is 1. The molecular weight excluding hydrogens is 524 g/mol.